The van der Waals surface area contributed by atoms with Crippen molar-refractivity contribution in [2.75, 3.05) is 5.32 Å². The Morgan fingerprint density at radius 3 is 2.71 bits per heavy atom. The number of fused-ring (bicyclic) bond motifs is 1. The second-order valence-electron chi connectivity index (χ2n) is 6.43. The molecule has 0 spiro atoms. The fraction of sp³-hybridized carbons (Fsp3) is 0.0952. The van der Waals surface area contributed by atoms with Crippen LogP contribution in [0.3, 0.4) is 0 Å². The van der Waals surface area contributed by atoms with Crippen LogP contribution < -0.4 is 5.32 Å². The molecule has 0 aliphatic carbocycles. The molecule has 4 aromatic rings. The summed E-state index contributed by atoms with van der Waals surface area (Å²) in [6, 6.07) is 10.2. The van der Waals surface area contributed by atoms with Gasteiger partial charge in [0, 0.05) is 23.3 Å². The zero-order valence-electron chi connectivity index (χ0n) is 16.0. The van der Waals surface area contributed by atoms with Crippen molar-refractivity contribution >= 4 is 62.6 Å². The molecule has 7 nitrogen and oxygen atoms in total. The lowest BCUT2D eigenvalue weighted by atomic mass is 10.2. The molecule has 0 aliphatic rings. The number of nitrogens with zero attached hydrogens (tertiary/aromatic N) is 3. The normalized spacial score (nSPS) is 11.8. The molecule has 1 unspecified atom stereocenters. The van der Waals surface area contributed by atoms with Gasteiger partial charge >= 0.3 is 5.97 Å². The van der Waals surface area contributed by atoms with Crippen LogP contribution >= 0.6 is 34.5 Å². The number of para-hydroxylation sites is 1. The molecular weight excluding hydrogens is 459 g/mol. The van der Waals surface area contributed by atoms with Gasteiger partial charge in [-0.3, -0.25) is 20.1 Å². The lowest BCUT2D eigenvalue weighted by Gasteiger charge is -2.13. The van der Waals surface area contributed by atoms with E-state index in [-0.39, 0.29) is 5.56 Å². The van der Waals surface area contributed by atoms with E-state index in [2.05, 4.69) is 20.3 Å². The lowest BCUT2D eigenvalue weighted by molar-refractivity contribution is -0.123. The number of rotatable bonds is 5. The van der Waals surface area contributed by atoms with Gasteiger partial charge in [-0.05, 0) is 31.2 Å². The molecule has 0 saturated heterocycles. The highest BCUT2D eigenvalue weighted by molar-refractivity contribution is 7.14. The Bertz CT molecular complexity index is 1290. The Balaban J connectivity index is 1.43. The zero-order valence-corrected chi connectivity index (χ0v) is 18.3. The van der Waals surface area contributed by atoms with E-state index in [4.69, 9.17) is 27.9 Å². The molecule has 31 heavy (non-hydrogen) atoms. The van der Waals surface area contributed by atoms with Gasteiger partial charge in [0.1, 0.15) is 5.52 Å². The largest absolute Gasteiger partial charge is 0.449 e. The summed E-state index contributed by atoms with van der Waals surface area (Å²) in [7, 11) is 0. The number of carbonyl (C=O) groups excluding carboxylic acids is 2. The van der Waals surface area contributed by atoms with Crippen LogP contribution in [0.5, 0.6) is 0 Å². The number of ether oxygens (including phenoxy) is 1. The maximum absolute atomic E-state index is 12.6. The first-order valence-electron chi connectivity index (χ1n) is 9.05. The van der Waals surface area contributed by atoms with Crippen LogP contribution in [0.25, 0.3) is 22.3 Å². The van der Waals surface area contributed by atoms with E-state index in [1.165, 1.54) is 30.7 Å². The Kier molecular flexibility index (Phi) is 6.13. The van der Waals surface area contributed by atoms with E-state index in [0.717, 1.165) is 5.56 Å². The molecular formula is C21H14Cl2N4O3S. The van der Waals surface area contributed by atoms with Crippen LogP contribution in [0.2, 0.25) is 10.0 Å². The Morgan fingerprint density at radius 1 is 1.10 bits per heavy atom. The number of carbonyl (C=O) groups is 2. The van der Waals surface area contributed by atoms with Crippen LogP contribution in [0.15, 0.2) is 54.2 Å². The number of amides is 1. The summed E-state index contributed by atoms with van der Waals surface area (Å²) in [5, 5.41) is 5.66. The summed E-state index contributed by atoms with van der Waals surface area (Å²) in [6.07, 6.45) is 1.98. The van der Waals surface area contributed by atoms with Crippen molar-refractivity contribution in [1.29, 1.82) is 0 Å². The molecule has 1 amide bonds. The number of benzene rings is 2. The van der Waals surface area contributed by atoms with Gasteiger partial charge in [-0.25, -0.2) is 9.78 Å². The Labute approximate surface area is 191 Å². The third kappa shape index (κ3) is 4.66. The summed E-state index contributed by atoms with van der Waals surface area (Å²) in [6.45, 7) is 1.48. The van der Waals surface area contributed by atoms with Crippen molar-refractivity contribution < 1.29 is 14.3 Å². The monoisotopic (exact) mass is 472 g/mol. The molecule has 2 aromatic heterocycles. The van der Waals surface area contributed by atoms with Crippen molar-refractivity contribution in [1.82, 2.24) is 15.0 Å². The fourth-order valence-electron chi connectivity index (χ4n) is 2.76. The van der Waals surface area contributed by atoms with E-state index < -0.39 is 18.0 Å². The molecule has 10 heteroatoms. The minimum absolute atomic E-state index is 0.237. The van der Waals surface area contributed by atoms with Crippen LogP contribution in [0, 0.1) is 0 Å². The summed E-state index contributed by atoms with van der Waals surface area (Å²) < 4.78 is 5.32. The van der Waals surface area contributed by atoms with Gasteiger partial charge < -0.3 is 4.74 Å². The number of anilines is 1. The Morgan fingerprint density at radius 2 is 1.90 bits per heavy atom. The zero-order chi connectivity index (χ0) is 22.0. The molecule has 0 radical (unpaired) electrons. The number of esters is 1. The lowest BCUT2D eigenvalue weighted by Crippen LogP contribution is -2.30. The molecule has 1 N–H and O–H groups in total. The maximum Gasteiger partial charge on any atom is 0.341 e. The van der Waals surface area contributed by atoms with Crippen molar-refractivity contribution in [3.63, 3.8) is 0 Å². The minimum atomic E-state index is -1.04. The maximum atomic E-state index is 12.6. The number of thiazole rings is 1. The van der Waals surface area contributed by atoms with Crippen LogP contribution in [-0.4, -0.2) is 32.9 Å². The van der Waals surface area contributed by atoms with Crippen molar-refractivity contribution in [3.05, 3.63) is 69.8 Å². The summed E-state index contributed by atoms with van der Waals surface area (Å²) in [4.78, 5) is 37.8. The Hall–Kier alpha value is -3.07. The topological polar surface area (TPSA) is 94.1 Å². The molecule has 2 heterocycles. The fourth-order valence-corrected chi connectivity index (χ4v) is 3.78. The first kappa shape index (κ1) is 21.2. The molecule has 1 atom stereocenters. The SMILES string of the molecule is CC(OC(=O)c1cccc2nccnc12)C(=O)Nc1nc(-c2ccc(Cl)c(Cl)c2)cs1. The molecule has 156 valence electrons. The van der Waals surface area contributed by atoms with E-state index in [9.17, 15) is 9.59 Å². The van der Waals surface area contributed by atoms with Gasteiger partial charge in [0.25, 0.3) is 5.91 Å². The number of nitrogens with one attached hydrogen (secondary N) is 1. The number of hydrogen-bond acceptors (Lipinski definition) is 7. The highest BCUT2D eigenvalue weighted by Gasteiger charge is 2.22. The molecule has 0 bridgehead atoms. The van der Waals surface area contributed by atoms with Gasteiger partial charge in [0.15, 0.2) is 11.2 Å². The van der Waals surface area contributed by atoms with Gasteiger partial charge in [-0.15, -0.1) is 11.3 Å². The van der Waals surface area contributed by atoms with E-state index in [1.54, 1.807) is 41.8 Å². The molecule has 2 aromatic carbocycles. The predicted octanol–water partition coefficient (Wildman–Crippen LogP) is 5.24. The molecule has 0 saturated carbocycles. The van der Waals surface area contributed by atoms with E-state index in [0.29, 0.717) is 31.9 Å². The van der Waals surface area contributed by atoms with Gasteiger partial charge in [-0.2, -0.15) is 0 Å². The molecule has 0 fully saturated rings. The predicted molar refractivity (Wildman–Crippen MR) is 121 cm³/mol. The number of halogens is 2. The average molecular weight is 473 g/mol. The molecule has 0 aliphatic heterocycles. The second kappa shape index (κ2) is 8.97. The van der Waals surface area contributed by atoms with Gasteiger partial charge in [0.05, 0.1) is 26.8 Å². The molecule has 4 rings (SSSR count). The highest BCUT2D eigenvalue weighted by atomic mass is 35.5. The van der Waals surface area contributed by atoms with E-state index in [1.807, 2.05) is 0 Å². The third-order valence-corrected chi connectivity index (χ3v) is 5.82. The first-order valence-corrected chi connectivity index (χ1v) is 10.7. The quantitative estimate of drug-likeness (QED) is 0.398. The van der Waals surface area contributed by atoms with Crippen molar-refractivity contribution in [2.45, 2.75) is 13.0 Å². The van der Waals surface area contributed by atoms with Crippen LogP contribution in [0.1, 0.15) is 17.3 Å². The van der Waals surface area contributed by atoms with E-state index >= 15 is 0 Å². The van der Waals surface area contributed by atoms with Gasteiger partial charge in [-0.1, -0.05) is 35.3 Å². The minimum Gasteiger partial charge on any atom is -0.449 e. The average Bonchev–Trinajstić information content (AvgIpc) is 3.23. The highest BCUT2D eigenvalue weighted by Crippen LogP contribution is 2.30. The smallest absolute Gasteiger partial charge is 0.341 e. The first-order chi connectivity index (χ1) is 14.9. The second-order valence-corrected chi connectivity index (χ2v) is 8.11. The van der Waals surface area contributed by atoms with Crippen LogP contribution in [-0.2, 0) is 9.53 Å². The third-order valence-electron chi connectivity index (χ3n) is 4.32. The van der Waals surface area contributed by atoms with Gasteiger partial charge in [0.2, 0.25) is 0 Å². The van der Waals surface area contributed by atoms with Crippen molar-refractivity contribution in [2.24, 2.45) is 0 Å². The summed E-state index contributed by atoms with van der Waals surface area (Å²) in [5.41, 5.74) is 2.61. The number of hydrogen-bond donors (Lipinski definition) is 1. The van der Waals surface area contributed by atoms with Crippen LogP contribution in [0.4, 0.5) is 5.13 Å². The van der Waals surface area contributed by atoms with Crippen molar-refractivity contribution in [3.8, 4) is 11.3 Å². The number of aromatic nitrogens is 3. The summed E-state index contributed by atoms with van der Waals surface area (Å²) in [5.74, 6) is -1.17. The standard InChI is InChI=1S/C21H14Cl2N4O3S/c1-11(30-20(29)13-3-2-4-16-18(13)25-8-7-24-16)19(28)27-21-26-17(10-31-21)12-5-6-14(22)15(23)9-12/h2-11H,1H3,(H,26,27,28). The summed E-state index contributed by atoms with van der Waals surface area (Å²) >= 11 is 13.2.